The predicted octanol–water partition coefficient (Wildman–Crippen LogP) is 3.80. The SMILES string of the molecule is CN=C(NCc1ccc(C)cc1)NCc1cc(C)cc(OC)c1.I. The van der Waals surface area contributed by atoms with Gasteiger partial charge in [-0.25, -0.2) is 0 Å². The highest BCUT2D eigenvalue weighted by Crippen LogP contribution is 2.16. The lowest BCUT2D eigenvalue weighted by Gasteiger charge is -2.13. The molecule has 0 amide bonds. The van der Waals surface area contributed by atoms with Crippen LogP contribution in [0.5, 0.6) is 5.75 Å². The average molecular weight is 439 g/mol. The molecule has 24 heavy (non-hydrogen) atoms. The molecule has 0 atom stereocenters. The monoisotopic (exact) mass is 439 g/mol. The summed E-state index contributed by atoms with van der Waals surface area (Å²) in [5.41, 5.74) is 4.85. The van der Waals surface area contributed by atoms with Crippen molar-refractivity contribution in [1.82, 2.24) is 10.6 Å². The molecule has 130 valence electrons. The Kier molecular flexibility index (Phi) is 8.60. The van der Waals surface area contributed by atoms with Crippen molar-refractivity contribution in [1.29, 1.82) is 0 Å². The number of ether oxygens (including phenoxy) is 1. The Hall–Kier alpha value is -1.76. The van der Waals surface area contributed by atoms with Crippen molar-refractivity contribution in [2.45, 2.75) is 26.9 Å². The van der Waals surface area contributed by atoms with E-state index < -0.39 is 0 Å². The van der Waals surface area contributed by atoms with Crippen LogP contribution in [0, 0.1) is 13.8 Å². The van der Waals surface area contributed by atoms with Crippen molar-refractivity contribution < 1.29 is 4.74 Å². The number of hydrogen-bond donors (Lipinski definition) is 2. The maximum Gasteiger partial charge on any atom is 0.191 e. The predicted molar refractivity (Wildman–Crippen MR) is 111 cm³/mol. The maximum atomic E-state index is 5.31. The highest BCUT2D eigenvalue weighted by molar-refractivity contribution is 14.0. The van der Waals surface area contributed by atoms with Gasteiger partial charge in [0, 0.05) is 20.1 Å². The fraction of sp³-hybridized carbons (Fsp3) is 0.316. The molecule has 2 rings (SSSR count). The number of aryl methyl sites for hydroxylation is 2. The number of guanidine groups is 1. The lowest BCUT2D eigenvalue weighted by Crippen LogP contribution is -2.36. The van der Waals surface area contributed by atoms with Crippen LogP contribution in [0.15, 0.2) is 47.5 Å². The lowest BCUT2D eigenvalue weighted by atomic mass is 10.1. The van der Waals surface area contributed by atoms with Gasteiger partial charge in [-0.3, -0.25) is 4.99 Å². The van der Waals surface area contributed by atoms with Gasteiger partial charge >= 0.3 is 0 Å². The van der Waals surface area contributed by atoms with E-state index in [-0.39, 0.29) is 24.0 Å². The van der Waals surface area contributed by atoms with E-state index in [1.54, 1.807) is 14.2 Å². The summed E-state index contributed by atoms with van der Waals surface area (Å²) in [6.07, 6.45) is 0. The molecule has 0 spiro atoms. The highest BCUT2D eigenvalue weighted by atomic mass is 127. The van der Waals surface area contributed by atoms with Crippen LogP contribution in [0.1, 0.15) is 22.3 Å². The van der Waals surface area contributed by atoms with Crippen LogP contribution >= 0.6 is 24.0 Å². The molecule has 0 bridgehead atoms. The first kappa shape index (κ1) is 20.3. The zero-order chi connectivity index (χ0) is 16.7. The molecule has 0 aliphatic heterocycles. The topological polar surface area (TPSA) is 45.7 Å². The van der Waals surface area contributed by atoms with E-state index >= 15 is 0 Å². The van der Waals surface area contributed by atoms with Gasteiger partial charge < -0.3 is 15.4 Å². The third kappa shape index (κ3) is 6.39. The molecule has 0 saturated heterocycles. The molecule has 0 aliphatic carbocycles. The van der Waals surface area contributed by atoms with E-state index in [0.29, 0.717) is 6.54 Å². The zero-order valence-corrected chi connectivity index (χ0v) is 17.0. The van der Waals surface area contributed by atoms with Gasteiger partial charge in [-0.15, -0.1) is 24.0 Å². The van der Waals surface area contributed by atoms with Crippen LogP contribution in [0.25, 0.3) is 0 Å². The number of nitrogens with one attached hydrogen (secondary N) is 2. The molecular weight excluding hydrogens is 413 g/mol. The minimum Gasteiger partial charge on any atom is -0.497 e. The lowest BCUT2D eigenvalue weighted by molar-refractivity contribution is 0.414. The standard InChI is InChI=1S/C19H25N3O.HI/c1-14-5-7-16(8-6-14)12-21-19(20-3)22-13-17-9-15(2)10-18(11-17)23-4;/h5-11H,12-13H2,1-4H3,(H2,20,21,22);1H. The van der Waals surface area contributed by atoms with E-state index in [1.165, 1.54) is 22.3 Å². The number of benzene rings is 2. The normalized spacial score (nSPS) is 10.8. The molecule has 0 unspecified atom stereocenters. The van der Waals surface area contributed by atoms with Crippen LogP contribution in [0.3, 0.4) is 0 Å². The van der Waals surface area contributed by atoms with Gasteiger partial charge in [0.05, 0.1) is 7.11 Å². The van der Waals surface area contributed by atoms with E-state index in [9.17, 15) is 0 Å². The Morgan fingerprint density at radius 3 is 2.12 bits per heavy atom. The molecule has 4 nitrogen and oxygen atoms in total. The zero-order valence-electron chi connectivity index (χ0n) is 14.7. The largest absolute Gasteiger partial charge is 0.497 e. The molecule has 0 aliphatic rings. The van der Waals surface area contributed by atoms with Crippen LogP contribution < -0.4 is 15.4 Å². The summed E-state index contributed by atoms with van der Waals surface area (Å²) in [7, 11) is 3.47. The molecule has 0 heterocycles. The minimum atomic E-state index is 0. The first-order chi connectivity index (χ1) is 11.1. The van der Waals surface area contributed by atoms with Gasteiger partial charge in [-0.2, -0.15) is 0 Å². The molecule has 2 aromatic rings. The highest BCUT2D eigenvalue weighted by Gasteiger charge is 2.02. The summed E-state index contributed by atoms with van der Waals surface area (Å²) in [6, 6.07) is 14.7. The van der Waals surface area contributed by atoms with Crippen LogP contribution in [-0.2, 0) is 13.1 Å². The summed E-state index contributed by atoms with van der Waals surface area (Å²) in [5.74, 6) is 1.66. The van der Waals surface area contributed by atoms with Crippen molar-refractivity contribution in [3.63, 3.8) is 0 Å². The Morgan fingerprint density at radius 2 is 1.54 bits per heavy atom. The summed E-state index contributed by atoms with van der Waals surface area (Å²) in [6.45, 7) is 5.60. The van der Waals surface area contributed by atoms with Crippen LogP contribution in [0.2, 0.25) is 0 Å². The number of halogens is 1. The van der Waals surface area contributed by atoms with E-state index in [4.69, 9.17) is 4.74 Å². The molecule has 5 heteroatoms. The first-order valence-corrected chi connectivity index (χ1v) is 7.75. The Balaban J connectivity index is 0.00000288. The fourth-order valence-electron chi connectivity index (χ4n) is 2.34. The molecule has 0 radical (unpaired) electrons. The second kappa shape index (κ2) is 10.2. The second-order valence-electron chi connectivity index (χ2n) is 5.62. The van der Waals surface area contributed by atoms with E-state index in [0.717, 1.165) is 18.3 Å². The molecule has 0 fully saturated rings. The van der Waals surface area contributed by atoms with Crippen LogP contribution in [0.4, 0.5) is 0 Å². The molecule has 0 aromatic heterocycles. The Bertz CT molecular complexity index is 669. The molecular formula is C19H26IN3O. The molecule has 2 aromatic carbocycles. The molecule has 0 saturated carbocycles. The van der Waals surface area contributed by atoms with Crippen molar-refractivity contribution in [3.8, 4) is 5.75 Å². The summed E-state index contributed by atoms with van der Waals surface area (Å²) in [4.78, 5) is 4.26. The number of nitrogens with zero attached hydrogens (tertiary/aromatic N) is 1. The summed E-state index contributed by atoms with van der Waals surface area (Å²) in [5, 5.41) is 6.66. The van der Waals surface area contributed by atoms with E-state index in [1.807, 2.05) is 12.1 Å². The van der Waals surface area contributed by atoms with Crippen molar-refractivity contribution >= 4 is 29.9 Å². The fourth-order valence-corrected chi connectivity index (χ4v) is 2.34. The van der Waals surface area contributed by atoms with Crippen molar-refractivity contribution in [3.05, 3.63) is 64.7 Å². The third-order valence-electron chi connectivity index (χ3n) is 3.61. The van der Waals surface area contributed by atoms with Gasteiger partial charge in [0.15, 0.2) is 5.96 Å². The van der Waals surface area contributed by atoms with Crippen LogP contribution in [-0.4, -0.2) is 20.1 Å². The van der Waals surface area contributed by atoms with Gasteiger partial charge in [0.1, 0.15) is 5.75 Å². The number of hydrogen-bond acceptors (Lipinski definition) is 2. The number of rotatable bonds is 5. The van der Waals surface area contributed by atoms with Gasteiger partial charge in [0.2, 0.25) is 0 Å². The quantitative estimate of drug-likeness (QED) is 0.424. The summed E-state index contributed by atoms with van der Waals surface area (Å²) >= 11 is 0. The Labute approximate surface area is 161 Å². The smallest absolute Gasteiger partial charge is 0.191 e. The van der Waals surface area contributed by atoms with Gasteiger partial charge in [-0.05, 0) is 42.7 Å². The minimum absolute atomic E-state index is 0. The van der Waals surface area contributed by atoms with E-state index in [2.05, 4.69) is 59.8 Å². The van der Waals surface area contributed by atoms with Gasteiger partial charge in [-0.1, -0.05) is 35.9 Å². The summed E-state index contributed by atoms with van der Waals surface area (Å²) < 4.78 is 5.31. The average Bonchev–Trinajstić information content (AvgIpc) is 2.56. The molecule has 2 N–H and O–H groups in total. The number of aliphatic imine (C=N–C) groups is 1. The second-order valence-corrected chi connectivity index (χ2v) is 5.62. The maximum absolute atomic E-state index is 5.31. The van der Waals surface area contributed by atoms with Crippen molar-refractivity contribution in [2.24, 2.45) is 4.99 Å². The van der Waals surface area contributed by atoms with Gasteiger partial charge in [0.25, 0.3) is 0 Å². The first-order valence-electron chi connectivity index (χ1n) is 7.75. The van der Waals surface area contributed by atoms with Crippen molar-refractivity contribution in [2.75, 3.05) is 14.2 Å². The number of methoxy groups -OCH3 is 1. The Morgan fingerprint density at radius 1 is 0.917 bits per heavy atom. The third-order valence-corrected chi connectivity index (χ3v) is 3.61.